The molecule has 2 aliphatic rings. The highest BCUT2D eigenvalue weighted by atomic mass is 32.2. The van der Waals surface area contributed by atoms with E-state index in [9.17, 15) is 13.2 Å². The van der Waals surface area contributed by atoms with Crippen molar-refractivity contribution in [2.75, 3.05) is 19.6 Å². The number of carbonyl (C=O) groups is 1. The summed E-state index contributed by atoms with van der Waals surface area (Å²) >= 11 is 0. The van der Waals surface area contributed by atoms with Crippen LogP contribution in [0.5, 0.6) is 0 Å². The quantitative estimate of drug-likeness (QED) is 0.815. The first-order valence-corrected chi connectivity index (χ1v) is 11.7. The molecule has 0 spiro atoms. The van der Waals surface area contributed by atoms with E-state index in [0.29, 0.717) is 29.9 Å². The molecule has 4 heterocycles. The van der Waals surface area contributed by atoms with Crippen LogP contribution >= 0.6 is 0 Å². The second-order valence-electron chi connectivity index (χ2n) is 7.90. The van der Waals surface area contributed by atoms with Crippen molar-refractivity contribution in [3.05, 3.63) is 29.3 Å². The molecule has 0 radical (unpaired) electrons. The van der Waals surface area contributed by atoms with Gasteiger partial charge in [-0.2, -0.15) is 14.5 Å². The molecule has 0 saturated carbocycles. The maximum atomic E-state index is 13.5. The molecule has 1 amide bonds. The van der Waals surface area contributed by atoms with Gasteiger partial charge in [-0.1, -0.05) is 6.42 Å². The number of H-pyrrole nitrogens is 1. The molecule has 2 fully saturated rings. The number of aromatic nitrogens is 4. The normalized spacial score (nSPS) is 21.4. The van der Waals surface area contributed by atoms with Crippen LogP contribution in [0.15, 0.2) is 17.3 Å². The Morgan fingerprint density at radius 1 is 1.10 bits per heavy atom. The first-order chi connectivity index (χ1) is 13.9. The summed E-state index contributed by atoms with van der Waals surface area (Å²) in [4.78, 5) is 15.2. The highest BCUT2D eigenvalue weighted by Gasteiger charge is 2.39. The van der Waals surface area contributed by atoms with E-state index >= 15 is 0 Å². The zero-order chi connectivity index (χ0) is 20.6. The number of rotatable bonds is 4. The number of nitrogens with zero attached hydrogens (tertiary/aromatic N) is 5. The number of piperidine rings is 2. The topological polar surface area (TPSA) is 104 Å². The number of hydrogen-bond acceptors (Lipinski definition) is 5. The molecule has 1 unspecified atom stereocenters. The fourth-order valence-electron chi connectivity index (χ4n) is 4.33. The molecular formula is C19H28N6O3S. The Labute approximate surface area is 171 Å². The van der Waals surface area contributed by atoms with Crippen LogP contribution in [0, 0.1) is 6.92 Å². The van der Waals surface area contributed by atoms with Gasteiger partial charge in [0, 0.05) is 26.7 Å². The van der Waals surface area contributed by atoms with Gasteiger partial charge in [-0.15, -0.1) is 0 Å². The molecule has 10 heteroatoms. The molecule has 4 rings (SSSR count). The molecule has 29 heavy (non-hydrogen) atoms. The number of amides is 1. The Bertz CT molecular complexity index is 990. The zero-order valence-electron chi connectivity index (χ0n) is 17.0. The molecule has 0 bridgehead atoms. The second-order valence-corrected chi connectivity index (χ2v) is 9.75. The smallest absolute Gasteiger partial charge is 0.257 e. The number of sulfonamides is 1. The maximum absolute atomic E-state index is 13.5. The summed E-state index contributed by atoms with van der Waals surface area (Å²) < 4.78 is 30.0. The summed E-state index contributed by atoms with van der Waals surface area (Å²) in [6.07, 6.45) is 8.44. The summed E-state index contributed by atoms with van der Waals surface area (Å²) in [7, 11) is -2.01. The molecular weight excluding hydrogens is 392 g/mol. The van der Waals surface area contributed by atoms with Gasteiger partial charge in [0.15, 0.2) is 0 Å². The zero-order valence-corrected chi connectivity index (χ0v) is 17.8. The molecule has 2 aliphatic heterocycles. The van der Waals surface area contributed by atoms with Gasteiger partial charge in [0.2, 0.25) is 10.0 Å². The van der Waals surface area contributed by atoms with Crippen LogP contribution in [-0.4, -0.2) is 63.1 Å². The van der Waals surface area contributed by atoms with E-state index in [-0.39, 0.29) is 10.8 Å². The monoisotopic (exact) mass is 420 g/mol. The number of nitrogens with one attached hydrogen (secondary N) is 1. The number of hydrogen-bond donors (Lipinski definition) is 1. The minimum Gasteiger partial charge on any atom is -0.339 e. The van der Waals surface area contributed by atoms with Gasteiger partial charge in [0.05, 0.1) is 35.4 Å². The Balaban J connectivity index is 1.68. The summed E-state index contributed by atoms with van der Waals surface area (Å²) in [6, 6.07) is -0.431. The minimum atomic E-state index is -3.74. The van der Waals surface area contributed by atoms with Gasteiger partial charge < -0.3 is 4.90 Å². The number of carbonyl (C=O) groups excluding carboxylic acids is 1. The maximum Gasteiger partial charge on any atom is 0.257 e. The van der Waals surface area contributed by atoms with Gasteiger partial charge in [-0.25, -0.2) is 8.42 Å². The number of likely N-dealkylation sites (tertiary alicyclic amines) is 1. The molecule has 2 aromatic rings. The summed E-state index contributed by atoms with van der Waals surface area (Å²) in [5.74, 6) is -0.0612. The second kappa shape index (κ2) is 7.91. The Morgan fingerprint density at radius 2 is 1.83 bits per heavy atom. The predicted molar refractivity (Wildman–Crippen MR) is 107 cm³/mol. The van der Waals surface area contributed by atoms with Crippen LogP contribution in [-0.2, 0) is 17.1 Å². The van der Waals surface area contributed by atoms with Gasteiger partial charge in [0.25, 0.3) is 5.91 Å². The van der Waals surface area contributed by atoms with E-state index in [1.165, 1.54) is 10.5 Å². The van der Waals surface area contributed by atoms with E-state index < -0.39 is 16.1 Å². The third kappa shape index (κ3) is 3.59. The van der Waals surface area contributed by atoms with Crippen molar-refractivity contribution in [3.8, 4) is 0 Å². The van der Waals surface area contributed by atoms with Crippen molar-refractivity contribution < 1.29 is 13.2 Å². The van der Waals surface area contributed by atoms with Crippen LogP contribution < -0.4 is 0 Å². The van der Waals surface area contributed by atoms with E-state index in [1.807, 2.05) is 4.90 Å². The molecule has 158 valence electrons. The van der Waals surface area contributed by atoms with Crippen LogP contribution in [0.3, 0.4) is 0 Å². The van der Waals surface area contributed by atoms with Crippen molar-refractivity contribution in [1.29, 1.82) is 0 Å². The number of aryl methyl sites for hydroxylation is 1. The Hall–Kier alpha value is -2.20. The van der Waals surface area contributed by atoms with Crippen LogP contribution in [0.25, 0.3) is 0 Å². The van der Waals surface area contributed by atoms with Crippen LogP contribution in [0.1, 0.15) is 66.3 Å². The van der Waals surface area contributed by atoms with E-state index in [0.717, 1.165) is 45.2 Å². The van der Waals surface area contributed by atoms with Crippen LogP contribution in [0.2, 0.25) is 0 Å². The average molecular weight is 421 g/mol. The lowest BCUT2D eigenvalue weighted by Gasteiger charge is -2.35. The lowest BCUT2D eigenvalue weighted by atomic mass is 9.98. The summed E-state index contributed by atoms with van der Waals surface area (Å²) in [5, 5.41) is 11.2. The molecule has 0 aromatic carbocycles. The lowest BCUT2D eigenvalue weighted by Crippen LogP contribution is -2.40. The molecule has 0 aliphatic carbocycles. The Morgan fingerprint density at radius 3 is 2.52 bits per heavy atom. The molecule has 9 nitrogen and oxygen atoms in total. The van der Waals surface area contributed by atoms with Crippen molar-refractivity contribution in [2.24, 2.45) is 7.05 Å². The largest absolute Gasteiger partial charge is 0.339 e. The minimum absolute atomic E-state index is 0.0612. The first-order valence-electron chi connectivity index (χ1n) is 10.2. The fourth-order valence-corrected chi connectivity index (χ4v) is 6.18. The highest BCUT2D eigenvalue weighted by molar-refractivity contribution is 7.89. The van der Waals surface area contributed by atoms with Crippen molar-refractivity contribution in [1.82, 2.24) is 29.2 Å². The molecule has 1 N–H and O–H groups in total. The van der Waals surface area contributed by atoms with Gasteiger partial charge in [-0.3, -0.25) is 14.6 Å². The third-order valence-corrected chi connectivity index (χ3v) is 8.12. The number of aromatic amines is 1. The SMILES string of the molecule is Cc1c(S(=O)(=O)N2CCCCC2c2[nH]ncc2C(=O)N2CCCCC2)cnn1C. The molecule has 2 aromatic heterocycles. The van der Waals surface area contributed by atoms with E-state index in [2.05, 4.69) is 15.3 Å². The summed E-state index contributed by atoms with van der Waals surface area (Å²) in [6.45, 7) is 3.65. The average Bonchev–Trinajstić information content (AvgIpc) is 3.35. The predicted octanol–water partition coefficient (Wildman–Crippen LogP) is 1.99. The van der Waals surface area contributed by atoms with Crippen molar-refractivity contribution in [3.63, 3.8) is 0 Å². The standard InChI is InChI=1S/C19H28N6O3S/c1-14-17(13-21-23(14)2)29(27,28)25-11-7-4-8-16(25)18-15(12-20-22-18)19(26)24-9-5-3-6-10-24/h12-13,16H,3-11H2,1-2H3,(H,20,22). The van der Waals surface area contributed by atoms with Gasteiger partial charge in [0.1, 0.15) is 4.90 Å². The van der Waals surface area contributed by atoms with Crippen LogP contribution in [0.4, 0.5) is 0 Å². The fraction of sp³-hybridized carbons (Fsp3) is 0.632. The van der Waals surface area contributed by atoms with Crippen molar-refractivity contribution >= 4 is 15.9 Å². The molecule has 2 saturated heterocycles. The van der Waals surface area contributed by atoms with E-state index in [4.69, 9.17) is 0 Å². The third-order valence-electron chi connectivity index (χ3n) is 6.11. The summed E-state index contributed by atoms with van der Waals surface area (Å²) in [5.41, 5.74) is 1.69. The first kappa shape index (κ1) is 20.1. The molecule has 1 atom stereocenters. The van der Waals surface area contributed by atoms with Crippen molar-refractivity contribution in [2.45, 2.75) is 56.4 Å². The highest BCUT2D eigenvalue weighted by Crippen LogP contribution is 2.37. The lowest BCUT2D eigenvalue weighted by molar-refractivity contribution is 0.0720. The Kier molecular flexibility index (Phi) is 5.48. The van der Waals surface area contributed by atoms with E-state index in [1.54, 1.807) is 24.9 Å². The van der Waals surface area contributed by atoms with Gasteiger partial charge in [-0.05, 0) is 39.0 Å². The van der Waals surface area contributed by atoms with Gasteiger partial charge >= 0.3 is 0 Å².